The van der Waals surface area contributed by atoms with Crippen LogP contribution in [0.1, 0.15) is 15.9 Å². The SMILES string of the molecule is O=C(NCc1cccnc1)Nc1ccc(C(=O)Nc2ccc(Cl)cc2)cc1. The minimum Gasteiger partial charge on any atom is -0.334 e. The summed E-state index contributed by atoms with van der Waals surface area (Å²) in [5.41, 5.74) is 2.62. The highest BCUT2D eigenvalue weighted by Gasteiger charge is 2.07. The van der Waals surface area contributed by atoms with Crippen LogP contribution in [0.25, 0.3) is 0 Å². The first kappa shape index (κ1) is 18.4. The van der Waals surface area contributed by atoms with Crippen LogP contribution in [0.3, 0.4) is 0 Å². The van der Waals surface area contributed by atoms with Crippen LogP contribution in [0.2, 0.25) is 5.02 Å². The maximum absolute atomic E-state index is 12.2. The zero-order valence-electron chi connectivity index (χ0n) is 14.3. The predicted octanol–water partition coefficient (Wildman–Crippen LogP) is 4.31. The van der Waals surface area contributed by atoms with Gasteiger partial charge >= 0.3 is 6.03 Å². The minimum absolute atomic E-state index is 0.245. The number of halogens is 1. The van der Waals surface area contributed by atoms with Crippen molar-refractivity contribution in [3.63, 3.8) is 0 Å². The van der Waals surface area contributed by atoms with Crippen molar-refractivity contribution in [2.24, 2.45) is 0 Å². The number of carbonyl (C=O) groups is 2. The molecule has 136 valence electrons. The van der Waals surface area contributed by atoms with Crippen molar-refractivity contribution in [2.75, 3.05) is 10.6 Å². The van der Waals surface area contributed by atoms with E-state index in [2.05, 4.69) is 20.9 Å². The van der Waals surface area contributed by atoms with E-state index < -0.39 is 0 Å². The average Bonchev–Trinajstić information content (AvgIpc) is 2.69. The summed E-state index contributed by atoms with van der Waals surface area (Å²) in [6.07, 6.45) is 3.36. The van der Waals surface area contributed by atoms with Gasteiger partial charge in [-0.1, -0.05) is 17.7 Å². The summed E-state index contributed by atoms with van der Waals surface area (Å²) in [6, 6.07) is 16.8. The third-order valence-electron chi connectivity index (χ3n) is 3.68. The Morgan fingerprint density at radius 2 is 1.56 bits per heavy atom. The van der Waals surface area contributed by atoms with Gasteiger partial charge in [0.05, 0.1) is 0 Å². The van der Waals surface area contributed by atoms with Gasteiger partial charge in [-0.2, -0.15) is 0 Å². The summed E-state index contributed by atoms with van der Waals surface area (Å²) >= 11 is 5.83. The fourth-order valence-corrected chi connectivity index (χ4v) is 2.43. The molecule has 7 heteroatoms. The zero-order chi connectivity index (χ0) is 19.1. The van der Waals surface area contributed by atoms with E-state index in [0.717, 1.165) is 5.56 Å². The van der Waals surface area contributed by atoms with Gasteiger partial charge in [-0.05, 0) is 60.2 Å². The molecule has 3 amide bonds. The smallest absolute Gasteiger partial charge is 0.319 e. The number of nitrogens with one attached hydrogen (secondary N) is 3. The maximum atomic E-state index is 12.2. The quantitative estimate of drug-likeness (QED) is 0.616. The van der Waals surface area contributed by atoms with Crippen molar-refractivity contribution < 1.29 is 9.59 Å². The molecule has 0 unspecified atom stereocenters. The molecule has 6 nitrogen and oxygen atoms in total. The van der Waals surface area contributed by atoms with Crippen molar-refractivity contribution in [2.45, 2.75) is 6.54 Å². The second-order valence-electron chi connectivity index (χ2n) is 5.71. The molecule has 1 heterocycles. The number of benzene rings is 2. The molecule has 3 rings (SSSR count). The first-order valence-corrected chi connectivity index (χ1v) is 8.59. The highest BCUT2D eigenvalue weighted by Crippen LogP contribution is 2.15. The Labute approximate surface area is 161 Å². The Hall–Kier alpha value is -3.38. The van der Waals surface area contributed by atoms with Crippen LogP contribution in [-0.2, 0) is 6.54 Å². The summed E-state index contributed by atoms with van der Waals surface area (Å²) in [6.45, 7) is 0.376. The van der Waals surface area contributed by atoms with E-state index in [1.807, 2.05) is 12.1 Å². The first-order valence-electron chi connectivity index (χ1n) is 8.21. The van der Waals surface area contributed by atoms with Gasteiger partial charge in [0.25, 0.3) is 5.91 Å². The normalized spacial score (nSPS) is 10.1. The Morgan fingerprint density at radius 1 is 0.889 bits per heavy atom. The van der Waals surface area contributed by atoms with Crippen LogP contribution in [0.5, 0.6) is 0 Å². The Morgan fingerprint density at radius 3 is 2.22 bits per heavy atom. The standard InChI is InChI=1S/C20H17ClN4O2/c21-16-5-9-17(10-6-16)24-19(26)15-3-7-18(8-4-15)25-20(27)23-13-14-2-1-11-22-12-14/h1-12H,13H2,(H,24,26)(H2,23,25,27). The molecule has 0 atom stereocenters. The van der Waals surface area contributed by atoms with Crippen molar-refractivity contribution in [3.8, 4) is 0 Å². The van der Waals surface area contributed by atoms with E-state index in [4.69, 9.17) is 11.6 Å². The third kappa shape index (κ3) is 5.55. The van der Waals surface area contributed by atoms with Crippen LogP contribution < -0.4 is 16.0 Å². The number of carbonyl (C=O) groups excluding carboxylic acids is 2. The highest BCUT2D eigenvalue weighted by molar-refractivity contribution is 6.30. The molecular weight excluding hydrogens is 364 g/mol. The molecule has 3 N–H and O–H groups in total. The minimum atomic E-state index is -0.336. The van der Waals surface area contributed by atoms with E-state index in [9.17, 15) is 9.59 Å². The molecule has 0 aliphatic rings. The van der Waals surface area contributed by atoms with Crippen molar-refractivity contribution in [3.05, 3.63) is 89.2 Å². The molecule has 0 saturated carbocycles. The van der Waals surface area contributed by atoms with Gasteiger partial charge in [-0.25, -0.2) is 4.79 Å². The van der Waals surface area contributed by atoms with Crippen LogP contribution >= 0.6 is 11.6 Å². The molecule has 0 fully saturated rings. The molecule has 0 saturated heterocycles. The van der Waals surface area contributed by atoms with Crippen molar-refractivity contribution in [1.82, 2.24) is 10.3 Å². The molecule has 27 heavy (non-hydrogen) atoms. The van der Waals surface area contributed by atoms with E-state index in [-0.39, 0.29) is 11.9 Å². The van der Waals surface area contributed by atoms with Gasteiger partial charge in [0.15, 0.2) is 0 Å². The van der Waals surface area contributed by atoms with Gasteiger partial charge in [-0.15, -0.1) is 0 Å². The lowest BCUT2D eigenvalue weighted by molar-refractivity contribution is 0.102. The molecule has 1 aromatic heterocycles. The molecular formula is C20H17ClN4O2. The lowest BCUT2D eigenvalue weighted by Crippen LogP contribution is -2.28. The third-order valence-corrected chi connectivity index (χ3v) is 3.93. The fraction of sp³-hybridized carbons (Fsp3) is 0.0500. The summed E-state index contributed by atoms with van der Waals surface area (Å²) in [4.78, 5) is 28.2. The fourth-order valence-electron chi connectivity index (χ4n) is 2.30. The van der Waals surface area contributed by atoms with Gasteiger partial charge in [0.1, 0.15) is 0 Å². The number of pyridine rings is 1. The topological polar surface area (TPSA) is 83.1 Å². The zero-order valence-corrected chi connectivity index (χ0v) is 15.0. The Bertz CT molecular complexity index is 913. The van der Waals surface area contributed by atoms with E-state index in [1.54, 1.807) is 60.9 Å². The molecule has 0 bridgehead atoms. The summed E-state index contributed by atoms with van der Waals surface area (Å²) < 4.78 is 0. The predicted molar refractivity (Wildman–Crippen MR) is 106 cm³/mol. The number of hydrogen-bond donors (Lipinski definition) is 3. The van der Waals surface area contributed by atoms with Crippen LogP contribution in [-0.4, -0.2) is 16.9 Å². The summed E-state index contributed by atoms with van der Waals surface area (Å²) in [5.74, 6) is -0.245. The molecule has 3 aromatic rings. The van der Waals surface area contributed by atoms with Crippen LogP contribution in [0, 0.1) is 0 Å². The largest absolute Gasteiger partial charge is 0.334 e. The van der Waals surface area contributed by atoms with Crippen LogP contribution in [0.15, 0.2) is 73.1 Å². The van der Waals surface area contributed by atoms with Crippen molar-refractivity contribution >= 4 is 34.9 Å². The Balaban J connectivity index is 1.52. The van der Waals surface area contributed by atoms with E-state index in [0.29, 0.717) is 28.5 Å². The van der Waals surface area contributed by atoms with Gasteiger partial charge < -0.3 is 16.0 Å². The first-order chi connectivity index (χ1) is 13.1. The maximum Gasteiger partial charge on any atom is 0.319 e. The lowest BCUT2D eigenvalue weighted by atomic mass is 10.2. The van der Waals surface area contributed by atoms with Gasteiger partial charge in [0, 0.05) is 40.9 Å². The number of amides is 3. The van der Waals surface area contributed by atoms with Crippen molar-refractivity contribution in [1.29, 1.82) is 0 Å². The average molecular weight is 381 g/mol. The molecule has 0 aliphatic carbocycles. The number of rotatable bonds is 5. The number of hydrogen-bond acceptors (Lipinski definition) is 3. The number of anilines is 2. The molecule has 0 aliphatic heterocycles. The summed E-state index contributed by atoms with van der Waals surface area (Å²) in [5, 5.41) is 8.84. The number of urea groups is 1. The Kier molecular flexibility index (Phi) is 6.02. The monoisotopic (exact) mass is 380 g/mol. The highest BCUT2D eigenvalue weighted by atomic mass is 35.5. The number of aromatic nitrogens is 1. The van der Waals surface area contributed by atoms with E-state index >= 15 is 0 Å². The second kappa shape index (κ2) is 8.82. The second-order valence-corrected chi connectivity index (χ2v) is 6.14. The molecule has 0 spiro atoms. The van der Waals surface area contributed by atoms with E-state index in [1.165, 1.54) is 0 Å². The van der Waals surface area contributed by atoms with Crippen LogP contribution in [0.4, 0.5) is 16.2 Å². The number of nitrogens with zero attached hydrogens (tertiary/aromatic N) is 1. The lowest BCUT2D eigenvalue weighted by Gasteiger charge is -2.09. The van der Waals surface area contributed by atoms with Gasteiger partial charge in [0.2, 0.25) is 0 Å². The van der Waals surface area contributed by atoms with Gasteiger partial charge in [-0.3, -0.25) is 9.78 Å². The summed E-state index contributed by atoms with van der Waals surface area (Å²) in [7, 11) is 0. The molecule has 0 radical (unpaired) electrons. The molecule has 2 aromatic carbocycles.